The van der Waals surface area contributed by atoms with E-state index < -0.39 is 0 Å². The van der Waals surface area contributed by atoms with E-state index in [4.69, 9.17) is 21.1 Å². The number of guanidine groups is 1. The van der Waals surface area contributed by atoms with Crippen LogP contribution in [0.4, 0.5) is 0 Å². The summed E-state index contributed by atoms with van der Waals surface area (Å²) in [4.78, 5) is 10.6. The summed E-state index contributed by atoms with van der Waals surface area (Å²) in [5, 5.41) is 3.47. The van der Waals surface area contributed by atoms with Crippen LogP contribution in [0, 0.1) is 5.92 Å². The lowest BCUT2D eigenvalue weighted by Crippen LogP contribution is -2.52. The van der Waals surface area contributed by atoms with E-state index in [9.17, 15) is 0 Å². The molecule has 28 heavy (non-hydrogen) atoms. The van der Waals surface area contributed by atoms with Gasteiger partial charge in [-0.25, -0.2) is 0 Å². The number of nitrogens with zero attached hydrogens (tertiary/aromatic N) is 3. The van der Waals surface area contributed by atoms with Gasteiger partial charge in [0.25, 0.3) is 0 Å². The Bertz CT molecular complexity index is 590. The maximum absolute atomic E-state index is 6.03. The summed E-state index contributed by atoms with van der Waals surface area (Å²) in [5.41, 5.74) is 0. The fourth-order valence-electron chi connectivity index (χ4n) is 3.45. The molecule has 6 nitrogen and oxygen atoms in total. The number of hydrogen-bond acceptors (Lipinski definition) is 5. The summed E-state index contributed by atoms with van der Waals surface area (Å²) in [5.74, 6) is 1.59. The minimum absolute atomic E-state index is 0. The third kappa shape index (κ3) is 7.95. The molecular weight excluding hydrogens is 511 g/mol. The zero-order chi connectivity index (χ0) is 18.9. The molecule has 1 aromatic heterocycles. The molecule has 1 aromatic rings. The van der Waals surface area contributed by atoms with Gasteiger partial charge in [-0.2, -0.15) is 0 Å². The van der Waals surface area contributed by atoms with Gasteiger partial charge in [-0.1, -0.05) is 11.6 Å². The van der Waals surface area contributed by atoms with Gasteiger partial charge < -0.3 is 19.7 Å². The average Bonchev–Trinajstić information content (AvgIpc) is 3.34. The minimum atomic E-state index is 0. The van der Waals surface area contributed by atoms with Gasteiger partial charge in [-0.3, -0.25) is 9.89 Å². The van der Waals surface area contributed by atoms with E-state index in [0.717, 1.165) is 88.8 Å². The largest absolute Gasteiger partial charge is 0.381 e. The van der Waals surface area contributed by atoms with E-state index in [1.165, 1.54) is 4.88 Å². The number of nitrogens with one attached hydrogen (secondary N) is 1. The van der Waals surface area contributed by atoms with Crippen LogP contribution < -0.4 is 5.32 Å². The van der Waals surface area contributed by atoms with Gasteiger partial charge in [-0.05, 0) is 25.0 Å². The van der Waals surface area contributed by atoms with Crippen molar-refractivity contribution in [3.8, 4) is 0 Å². The number of thiophene rings is 1. The highest BCUT2D eigenvalue weighted by molar-refractivity contribution is 14.0. The van der Waals surface area contributed by atoms with E-state index in [-0.39, 0.29) is 24.0 Å². The molecule has 1 N–H and O–H groups in total. The van der Waals surface area contributed by atoms with Crippen LogP contribution in [-0.2, 0) is 16.0 Å². The first kappa shape index (κ1) is 24.1. The molecule has 0 aliphatic carbocycles. The van der Waals surface area contributed by atoms with Crippen LogP contribution >= 0.6 is 46.9 Å². The van der Waals surface area contributed by atoms with Crippen molar-refractivity contribution in [1.29, 1.82) is 0 Å². The standard InChI is InChI=1S/C19H31ClN4O2S.HI/c1-21-19(22-6-2-11-25-14-16-5-12-26-15-16)24-9-7-23(8-10-24)13-17-3-4-18(20)27-17;/h3-4,16H,2,5-15H2,1H3,(H,21,22);1H. The van der Waals surface area contributed by atoms with Gasteiger partial charge in [0.2, 0.25) is 0 Å². The molecule has 9 heteroatoms. The van der Waals surface area contributed by atoms with Crippen molar-refractivity contribution in [2.75, 3.05) is 66.2 Å². The smallest absolute Gasteiger partial charge is 0.193 e. The summed E-state index contributed by atoms with van der Waals surface area (Å²) < 4.78 is 12.0. The Morgan fingerprint density at radius 1 is 1.36 bits per heavy atom. The average molecular weight is 543 g/mol. The van der Waals surface area contributed by atoms with Crippen LogP contribution in [-0.4, -0.2) is 82.0 Å². The summed E-state index contributed by atoms with van der Waals surface area (Å²) in [6, 6.07) is 4.11. The van der Waals surface area contributed by atoms with Crippen molar-refractivity contribution in [3.63, 3.8) is 0 Å². The van der Waals surface area contributed by atoms with Crippen LogP contribution in [0.5, 0.6) is 0 Å². The highest BCUT2D eigenvalue weighted by Gasteiger charge is 2.20. The first-order valence-corrected chi connectivity index (χ1v) is 11.0. The van der Waals surface area contributed by atoms with Gasteiger partial charge in [0.05, 0.1) is 17.6 Å². The number of ether oxygens (including phenoxy) is 2. The summed E-state index contributed by atoms with van der Waals surface area (Å²) in [6.07, 6.45) is 2.13. The third-order valence-corrected chi connectivity index (χ3v) is 6.23. The Morgan fingerprint density at radius 2 is 2.18 bits per heavy atom. The minimum Gasteiger partial charge on any atom is -0.381 e. The van der Waals surface area contributed by atoms with Crippen LogP contribution in [0.2, 0.25) is 4.34 Å². The molecule has 3 heterocycles. The van der Waals surface area contributed by atoms with Crippen LogP contribution in [0.3, 0.4) is 0 Å². The molecule has 1 unspecified atom stereocenters. The molecular formula is C19H32ClIN4O2S. The van der Waals surface area contributed by atoms with Gasteiger partial charge in [0.15, 0.2) is 5.96 Å². The fourth-order valence-corrected chi connectivity index (χ4v) is 4.58. The van der Waals surface area contributed by atoms with E-state index in [2.05, 4.69) is 26.2 Å². The second-order valence-corrected chi connectivity index (χ2v) is 8.90. The maximum atomic E-state index is 6.03. The third-order valence-electron chi connectivity index (χ3n) is 5.02. The molecule has 0 bridgehead atoms. The molecule has 0 saturated carbocycles. The van der Waals surface area contributed by atoms with Crippen molar-refractivity contribution in [2.45, 2.75) is 19.4 Å². The molecule has 0 aromatic carbocycles. The lowest BCUT2D eigenvalue weighted by atomic mass is 10.1. The summed E-state index contributed by atoms with van der Waals surface area (Å²) in [6.45, 7) is 9.32. The second kappa shape index (κ2) is 13.2. The van der Waals surface area contributed by atoms with Gasteiger partial charge in [-0.15, -0.1) is 35.3 Å². The first-order valence-electron chi connectivity index (χ1n) is 9.82. The Morgan fingerprint density at radius 3 is 2.82 bits per heavy atom. The molecule has 2 aliphatic rings. The highest BCUT2D eigenvalue weighted by Crippen LogP contribution is 2.23. The molecule has 0 amide bonds. The normalized spacial score (nSPS) is 21.0. The van der Waals surface area contributed by atoms with Crippen molar-refractivity contribution in [1.82, 2.24) is 15.1 Å². The maximum Gasteiger partial charge on any atom is 0.193 e. The lowest BCUT2D eigenvalue weighted by molar-refractivity contribution is 0.0886. The SMILES string of the molecule is CN=C(NCCCOCC1CCOC1)N1CCN(Cc2ccc(Cl)s2)CC1.I. The van der Waals surface area contributed by atoms with Gasteiger partial charge in [0.1, 0.15) is 0 Å². The Hall–Kier alpha value is -0.130. The van der Waals surface area contributed by atoms with E-state index in [1.54, 1.807) is 11.3 Å². The second-order valence-electron chi connectivity index (χ2n) is 7.10. The Kier molecular flexibility index (Phi) is 11.4. The number of rotatable bonds is 8. The van der Waals surface area contributed by atoms with Crippen molar-refractivity contribution in [3.05, 3.63) is 21.3 Å². The van der Waals surface area contributed by atoms with Crippen LogP contribution in [0.15, 0.2) is 17.1 Å². The Balaban J connectivity index is 0.00000280. The monoisotopic (exact) mass is 542 g/mol. The topological polar surface area (TPSA) is 49.3 Å². The number of hydrogen-bond donors (Lipinski definition) is 1. The number of aliphatic imine (C=N–C) groups is 1. The quantitative estimate of drug-likeness (QED) is 0.237. The van der Waals surface area contributed by atoms with Crippen molar-refractivity contribution < 1.29 is 9.47 Å². The first-order chi connectivity index (χ1) is 13.2. The molecule has 2 saturated heterocycles. The zero-order valence-corrected chi connectivity index (χ0v) is 20.5. The lowest BCUT2D eigenvalue weighted by Gasteiger charge is -2.36. The predicted octanol–water partition coefficient (Wildman–Crippen LogP) is 3.16. The van der Waals surface area contributed by atoms with Crippen LogP contribution in [0.1, 0.15) is 17.7 Å². The number of halogens is 2. The summed E-state index contributed by atoms with van der Waals surface area (Å²) in [7, 11) is 1.86. The predicted molar refractivity (Wildman–Crippen MR) is 127 cm³/mol. The molecule has 0 radical (unpaired) electrons. The highest BCUT2D eigenvalue weighted by atomic mass is 127. The van der Waals surface area contributed by atoms with E-state index >= 15 is 0 Å². The van der Waals surface area contributed by atoms with Gasteiger partial charge >= 0.3 is 0 Å². The fraction of sp³-hybridized carbons (Fsp3) is 0.737. The molecule has 3 rings (SSSR count). The zero-order valence-electron chi connectivity index (χ0n) is 16.6. The van der Waals surface area contributed by atoms with Crippen molar-refractivity contribution in [2.24, 2.45) is 10.9 Å². The van der Waals surface area contributed by atoms with Crippen molar-refractivity contribution >= 4 is 52.9 Å². The molecule has 2 fully saturated rings. The Labute approximate surface area is 194 Å². The van der Waals surface area contributed by atoms with Gasteiger partial charge in [0, 0.05) is 70.3 Å². The number of piperazine rings is 1. The molecule has 2 aliphatic heterocycles. The molecule has 0 spiro atoms. The summed E-state index contributed by atoms with van der Waals surface area (Å²) >= 11 is 7.70. The van der Waals surface area contributed by atoms with E-state index in [0.29, 0.717) is 5.92 Å². The molecule has 1 atom stereocenters. The molecule has 160 valence electrons. The van der Waals surface area contributed by atoms with Crippen LogP contribution in [0.25, 0.3) is 0 Å². The van der Waals surface area contributed by atoms with E-state index in [1.807, 2.05) is 13.1 Å².